The van der Waals surface area contributed by atoms with Crippen LogP contribution in [0.4, 0.5) is 11.4 Å². The van der Waals surface area contributed by atoms with Gasteiger partial charge in [0.05, 0.1) is 10.6 Å². The van der Waals surface area contributed by atoms with E-state index < -0.39 is 10.0 Å². The van der Waals surface area contributed by atoms with E-state index in [0.29, 0.717) is 11.4 Å². The average molecular weight is 290 g/mol. The fourth-order valence-corrected chi connectivity index (χ4v) is 3.06. The molecule has 0 saturated heterocycles. The third-order valence-corrected chi connectivity index (χ3v) is 4.77. The second-order valence-electron chi connectivity index (χ2n) is 4.87. The van der Waals surface area contributed by atoms with E-state index in [1.807, 2.05) is 13.8 Å². The lowest BCUT2D eigenvalue weighted by Crippen LogP contribution is -2.14. The van der Waals surface area contributed by atoms with Gasteiger partial charge in [-0.25, -0.2) is 8.42 Å². The van der Waals surface area contributed by atoms with Crippen molar-refractivity contribution in [3.05, 3.63) is 53.1 Å². The number of nitrogens with two attached hydrogens (primary N) is 1. The van der Waals surface area contributed by atoms with Crippen molar-refractivity contribution in [3.8, 4) is 0 Å². The highest BCUT2D eigenvalue weighted by Crippen LogP contribution is 2.24. The van der Waals surface area contributed by atoms with Crippen LogP contribution in [0.5, 0.6) is 0 Å². The molecule has 0 aromatic heterocycles. The minimum Gasteiger partial charge on any atom is -0.398 e. The molecular weight excluding hydrogens is 272 g/mol. The van der Waals surface area contributed by atoms with Crippen LogP contribution in [0.2, 0.25) is 0 Å². The van der Waals surface area contributed by atoms with Crippen LogP contribution in [0.1, 0.15) is 16.7 Å². The van der Waals surface area contributed by atoms with Crippen molar-refractivity contribution in [2.75, 3.05) is 10.5 Å². The fraction of sp³-hybridized carbons (Fsp3) is 0.200. The van der Waals surface area contributed by atoms with Gasteiger partial charge in [-0.3, -0.25) is 4.72 Å². The Morgan fingerprint density at radius 1 is 1.00 bits per heavy atom. The summed E-state index contributed by atoms with van der Waals surface area (Å²) in [5.41, 5.74) is 9.57. The summed E-state index contributed by atoms with van der Waals surface area (Å²) in [6.45, 7) is 5.62. The van der Waals surface area contributed by atoms with Crippen molar-refractivity contribution < 1.29 is 8.42 Å². The Kier molecular flexibility index (Phi) is 3.72. The quantitative estimate of drug-likeness (QED) is 0.854. The van der Waals surface area contributed by atoms with Crippen LogP contribution in [0.15, 0.2) is 41.3 Å². The molecule has 0 saturated carbocycles. The van der Waals surface area contributed by atoms with Gasteiger partial charge in [0.2, 0.25) is 0 Å². The SMILES string of the molecule is Cc1ccc(S(=O)(=O)Nc2cccc(N)c2C)cc1C. The Labute approximate surface area is 119 Å². The van der Waals surface area contributed by atoms with Crippen LogP contribution < -0.4 is 10.5 Å². The molecule has 0 bridgehead atoms. The number of nitrogen functional groups attached to an aromatic ring is 1. The average Bonchev–Trinajstić information content (AvgIpc) is 2.38. The molecule has 2 aromatic rings. The maximum Gasteiger partial charge on any atom is 0.261 e. The van der Waals surface area contributed by atoms with Crippen molar-refractivity contribution >= 4 is 21.4 Å². The van der Waals surface area contributed by atoms with E-state index >= 15 is 0 Å². The number of nitrogens with one attached hydrogen (secondary N) is 1. The molecule has 0 amide bonds. The Bertz CT molecular complexity index is 752. The minimum atomic E-state index is -3.60. The van der Waals surface area contributed by atoms with Gasteiger partial charge in [-0.05, 0) is 61.7 Å². The largest absolute Gasteiger partial charge is 0.398 e. The zero-order valence-electron chi connectivity index (χ0n) is 11.8. The van der Waals surface area contributed by atoms with Gasteiger partial charge in [-0.1, -0.05) is 12.1 Å². The van der Waals surface area contributed by atoms with Gasteiger partial charge in [-0.15, -0.1) is 0 Å². The number of benzene rings is 2. The Morgan fingerprint density at radius 3 is 2.35 bits per heavy atom. The number of rotatable bonds is 3. The predicted molar refractivity (Wildman–Crippen MR) is 82.3 cm³/mol. The molecule has 0 aliphatic rings. The first kappa shape index (κ1) is 14.4. The van der Waals surface area contributed by atoms with E-state index in [2.05, 4.69) is 4.72 Å². The first-order valence-electron chi connectivity index (χ1n) is 6.26. The fourth-order valence-electron chi connectivity index (χ4n) is 1.85. The third-order valence-electron chi connectivity index (χ3n) is 3.41. The second kappa shape index (κ2) is 5.17. The van der Waals surface area contributed by atoms with Gasteiger partial charge in [-0.2, -0.15) is 0 Å². The summed E-state index contributed by atoms with van der Waals surface area (Å²) in [4.78, 5) is 0.252. The molecule has 4 nitrogen and oxygen atoms in total. The topological polar surface area (TPSA) is 72.2 Å². The predicted octanol–water partition coefficient (Wildman–Crippen LogP) is 2.99. The maximum absolute atomic E-state index is 12.4. The number of hydrogen-bond acceptors (Lipinski definition) is 3. The van der Waals surface area contributed by atoms with Crippen LogP contribution in [-0.2, 0) is 10.0 Å². The molecule has 0 aliphatic carbocycles. The number of aryl methyl sites for hydroxylation is 2. The van der Waals surface area contributed by atoms with Crippen molar-refractivity contribution in [2.24, 2.45) is 0 Å². The summed E-state index contributed by atoms with van der Waals surface area (Å²) in [5.74, 6) is 0. The smallest absolute Gasteiger partial charge is 0.261 e. The van der Waals surface area contributed by atoms with E-state index in [4.69, 9.17) is 5.73 Å². The van der Waals surface area contributed by atoms with Crippen molar-refractivity contribution in [1.82, 2.24) is 0 Å². The van der Waals surface area contributed by atoms with Crippen LogP contribution in [-0.4, -0.2) is 8.42 Å². The number of sulfonamides is 1. The highest BCUT2D eigenvalue weighted by molar-refractivity contribution is 7.92. The molecule has 0 heterocycles. The number of hydrogen-bond donors (Lipinski definition) is 2. The Balaban J connectivity index is 2.41. The highest BCUT2D eigenvalue weighted by Gasteiger charge is 2.16. The molecule has 106 valence electrons. The van der Waals surface area contributed by atoms with Crippen molar-refractivity contribution in [1.29, 1.82) is 0 Å². The molecule has 0 spiro atoms. The molecule has 0 unspecified atom stereocenters. The van der Waals surface area contributed by atoms with Gasteiger partial charge < -0.3 is 5.73 Å². The standard InChI is InChI=1S/C15H18N2O2S/c1-10-7-8-13(9-11(10)2)20(18,19)17-15-6-4-5-14(16)12(15)3/h4-9,17H,16H2,1-3H3. The zero-order chi connectivity index (χ0) is 14.9. The molecule has 0 aliphatic heterocycles. The summed E-state index contributed by atoms with van der Waals surface area (Å²) in [6.07, 6.45) is 0. The van der Waals surface area contributed by atoms with Gasteiger partial charge in [0.1, 0.15) is 0 Å². The van der Waals surface area contributed by atoms with Gasteiger partial charge in [0.15, 0.2) is 0 Å². The minimum absolute atomic E-state index is 0.252. The molecule has 2 aromatic carbocycles. The molecule has 5 heteroatoms. The highest BCUT2D eigenvalue weighted by atomic mass is 32.2. The third kappa shape index (κ3) is 2.77. The van der Waals surface area contributed by atoms with Gasteiger partial charge in [0.25, 0.3) is 10.0 Å². The molecule has 0 fully saturated rings. The van der Waals surface area contributed by atoms with Gasteiger partial charge >= 0.3 is 0 Å². The molecule has 2 rings (SSSR count). The molecule has 3 N–H and O–H groups in total. The first-order chi connectivity index (χ1) is 9.31. The second-order valence-corrected chi connectivity index (χ2v) is 6.55. The first-order valence-corrected chi connectivity index (χ1v) is 7.75. The molecular formula is C15H18N2O2S. The Hall–Kier alpha value is -2.01. The summed E-state index contributed by atoms with van der Waals surface area (Å²) in [6, 6.07) is 10.2. The summed E-state index contributed by atoms with van der Waals surface area (Å²) >= 11 is 0. The number of anilines is 2. The molecule has 0 atom stereocenters. The molecule has 0 radical (unpaired) electrons. The van der Waals surface area contributed by atoms with Crippen LogP contribution in [0, 0.1) is 20.8 Å². The summed E-state index contributed by atoms with van der Waals surface area (Å²) in [5, 5.41) is 0. The molecule has 20 heavy (non-hydrogen) atoms. The van der Waals surface area contributed by atoms with Gasteiger partial charge in [0, 0.05) is 5.69 Å². The normalized spacial score (nSPS) is 11.3. The monoisotopic (exact) mass is 290 g/mol. The van der Waals surface area contributed by atoms with Crippen molar-refractivity contribution in [3.63, 3.8) is 0 Å². The summed E-state index contributed by atoms with van der Waals surface area (Å²) in [7, 11) is -3.60. The van der Waals surface area contributed by atoms with Crippen LogP contribution in [0.25, 0.3) is 0 Å². The van der Waals surface area contributed by atoms with E-state index in [1.54, 1.807) is 43.3 Å². The Morgan fingerprint density at radius 2 is 1.70 bits per heavy atom. The van der Waals surface area contributed by atoms with Crippen LogP contribution in [0.3, 0.4) is 0 Å². The lowest BCUT2D eigenvalue weighted by Gasteiger charge is -2.12. The lowest BCUT2D eigenvalue weighted by atomic mass is 10.1. The lowest BCUT2D eigenvalue weighted by molar-refractivity contribution is 0.601. The van der Waals surface area contributed by atoms with E-state index in [0.717, 1.165) is 16.7 Å². The van der Waals surface area contributed by atoms with E-state index in [-0.39, 0.29) is 4.90 Å². The van der Waals surface area contributed by atoms with E-state index in [9.17, 15) is 8.42 Å². The zero-order valence-corrected chi connectivity index (χ0v) is 12.6. The van der Waals surface area contributed by atoms with E-state index in [1.165, 1.54) is 0 Å². The maximum atomic E-state index is 12.4. The summed E-state index contributed by atoms with van der Waals surface area (Å²) < 4.78 is 27.3. The van der Waals surface area contributed by atoms with Crippen molar-refractivity contribution in [2.45, 2.75) is 25.7 Å². The van der Waals surface area contributed by atoms with Crippen LogP contribution >= 0.6 is 0 Å².